The quantitative estimate of drug-likeness (QED) is 0.318. The van der Waals surface area contributed by atoms with Gasteiger partial charge in [0.2, 0.25) is 0 Å². The minimum absolute atomic E-state index is 0.0140. The zero-order valence-electron chi connectivity index (χ0n) is 15.2. The summed E-state index contributed by atoms with van der Waals surface area (Å²) in [6, 6.07) is 12.3. The van der Waals surface area contributed by atoms with Crippen LogP contribution in [-0.4, -0.2) is 14.8 Å². The molecule has 0 saturated carbocycles. The van der Waals surface area contributed by atoms with Crippen molar-refractivity contribution in [1.82, 2.24) is 14.8 Å². The fraction of sp³-hybridized carbons (Fsp3) is 0.200. The molecule has 0 saturated heterocycles. The Morgan fingerprint density at radius 3 is 2.66 bits per heavy atom. The van der Waals surface area contributed by atoms with Crippen LogP contribution in [0.1, 0.15) is 17.0 Å². The SMILES string of the molecule is C=CCn1c(COc2cccc(C(F)(F)F)c2)nnc1SCc1cccc(Cl)c1. The van der Waals surface area contributed by atoms with Crippen molar-refractivity contribution in [2.75, 3.05) is 0 Å². The van der Waals surface area contributed by atoms with Crippen molar-refractivity contribution >= 4 is 23.4 Å². The van der Waals surface area contributed by atoms with Crippen LogP contribution < -0.4 is 4.74 Å². The molecule has 0 aliphatic rings. The topological polar surface area (TPSA) is 39.9 Å². The highest BCUT2D eigenvalue weighted by atomic mass is 35.5. The minimum atomic E-state index is -4.42. The second-order valence-electron chi connectivity index (χ2n) is 6.03. The van der Waals surface area contributed by atoms with Gasteiger partial charge in [-0.3, -0.25) is 4.57 Å². The van der Waals surface area contributed by atoms with Gasteiger partial charge in [0, 0.05) is 17.3 Å². The van der Waals surface area contributed by atoms with Gasteiger partial charge in [-0.2, -0.15) is 13.2 Å². The molecule has 0 spiro atoms. The van der Waals surface area contributed by atoms with E-state index in [4.69, 9.17) is 16.3 Å². The van der Waals surface area contributed by atoms with E-state index in [0.717, 1.165) is 17.7 Å². The van der Waals surface area contributed by atoms with E-state index >= 15 is 0 Å². The van der Waals surface area contributed by atoms with Crippen LogP contribution in [-0.2, 0) is 25.1 Å². The van der Waals surface area contributed by atoms with Crippen molar-refractivity contribution < 1.29 is 17.9 Å². The average Bonchev–Trinajstić information content (AvgIpc) is 3.06. The van der Waals surface area contributed by atoms with Gasteiger partial charge in [-0.15, -0.1) is 16.8 Å². The summed E-state index contributed by atoms with van der Waals surface area (Å²) in [6.07, 6.45) is -2.73. The van der Waals surface area contributed by atoms with Gasteiger partial charge in [0.05, 0.1) is 5.56 Å². The van der Waals surface area contributed by atoms with E-state index in [1.54, 1.807) is 12.1 Å². The molecule has 0 fully saturated rings. The molecule has 0 aliphatic heterocycles. The minimum Gasteiger partial charge on any atom is -0.486 e. The zero-order valence-corrected chi connectivity index (χ0v) is 16.8. The lowest BCUT2D eigenvalue weighted by Crippen LogP contribution is -2.08. The zero-order chi connectivity index (χ0) is 20.9. The third-order valence-electron chi connectivity index (χ3n) is 3.89. The first-order valence-electron chi connectivity index (χ1n) is 8.57. The molecule has 3 rings (SSSR count). The number of hydrogen-bond donors (Lipinski definition) is 0. The normalized spacial score (nSPS) is 11.4. The highest BCUT2D eigenvalue weighted by molar-refractivity contribution is 7.98. The van der Waals surface area contributed by atoms with Crippen LogP contribution in [0.15, 0.2) is 66.3 Å². The number of alkyl halides is 3. The van der Waals surface area contributed by atoms with Crippen molar-refractivity contribution in [2.45, 2.75) is 30.2 Å². The highest BCUT2D eigenvalue weighted by Crippen LogP contribution is 2.31. The number of rotatable bonds is 8. The summed E-state index contributed by atoms with van der Waals surface area (Å²) in [5.41, 5.74) is 0.276. The van der Waals surface area contributed by atoms with E-state index in [0.29, 0.717) is 28.3 Å². The van der Waals surface area contributed by atoms with Gasteiger partial charge < -0.3 is 4.74 Å². The summed E-state index contributed by atoms with van der Waals surface area (Å²) in [7, 11) is 0. The van der Waals surface area contributed by atoms with Crippen LogP contribution in [0.3, 0.4) is 0 Å². The van der Waals surface area contributed by atoms with Gasteiger partial charge in [0.25, 0.3) is 0 Å². The third kappa shape index (κ3) is 5.77. The third-order valence-corrected chi connectivity index (χ3v) is 5.16. The molecule has 0 N–H and O–H groups in total. The number of halogens is 4. The van der Waals surface area contributed by atoms with Crippen LogP contribution >= 0.6 is 23.4 Å². The maximum absolute atomic E-state index is 12.8. The molecule has 1 heterocycles. The lowest BCUT2D eigenvalue weighted by atomic mass is 10.2. The Kier molecular flexibility index (Phi) is 6.87. The van der Waals surface area contributed by atoms with E-state index in [1.807, 2.05) is 22.8 Å². The summed E-state index contributed by atoms with van der Waals surface area (Å²) >= 11 is 7.48. The standard InChI is InChI=1S/C20H17ClF3N3OS/c1-2-9-27-18(12-28-17-8-4-6-15(11-17)20(22,23)24)25-26-19(27)29-13-14-5-3-7-16(21)10-14/h2-8,10-11H,1,9,12-13H2. The van der Waals surface area contributed by atoms with Gasteiger partial charge >= 0.3 is 6.18 Å². The van der Waals surface area contributed by atoms with E-state index in [9.17, 15) is 13.2 Å². The molecule has 4 nitrogen and oxygen atoms in total. The molecule has 3 aromatic rings. The lowest BCUT2D eigenvalue weighted by Gasteiger charge is -2.11. The predicted molar refractivity (Wildman–Crippen MR) is 107 cm³/mol. The van der Waals surface area contributed by atoms with Gasteiger partial charge in [0.1, 0.15) is 12.4 Å². The maximum atomic E-state index is 12.8. The number of ether oxygens (including phenoxy) is 1. The molecular weight excluding hydrogens is 423 g/mol. The van der Waals surface area contributed by atoms with Gasteiger partial charge in [-0.25, -0.2) is 0 Å². The molecule has 1 aromatic heterocycles. The molecule has 152 valence electrons. The van der Waals surface area contributed by atoms with Crippen molar-refractivity contribution in [3.05, 3.63) is 83.2 Å². The van der Waals surface area contributed by atoms with E-state index in [2.05, 4.69) is 16.8 Å². The monoisotopic (exact) mass is 439 g/mol. The average molecular weight is 440 g/mol. The van der Waals surface area contributed by atoms with Crippen molar-refractivity contribution in [1.29, 1.82) is 0 Å². The molecule has 2 aromatic carbocycles. The Bertz CT molecular complexity index is 991. The van der Waals surface area contributed by atoms with Gasteiger partial charge in [-0.05, 0) is 35.9 Å². The molecule has 0 radical (unpaired) electrons. The Morgan fingerprint density at radius 1 is 1.14 bits per heavy atom. The smallest absolute Gasteiger partial charge is 0.416 e. The molecule has 0 amide bonds. The summed E-state index contributed by atoms with van der Waals surface area (Å²) in [6.45, 7) is 4.17. The van der Waals surface area contributed by atoms with E-state index in [-0.39, 0.29) is 12.4 Å². The summed E-state index contributed by atoms with van der Waals surface area (Å²) < 4.78 is 45.9. The first-order chi connectivity index (χ1) is 13.9. The number of nitrogens with zero attached hydrogens (tertiary/aromatic N) is 3. The Hall–Kier alpha value is -2.45. The molecule has 0 aliphatic carbocycles. The number of hydrogen-bond acceptors (Lipinski definition) is 4. The molecule has 0 unspecified atom stereocenters. The fourth-order valence-electron chi connectivity index (χ4n) is 2.53. The molecular formula is C20H17ClF3N3OS. The van der Waals surface area contributed by atoms with E-state index < -0.39 is 11.7 Å². The molecule has 29 heavy (non-hydrogen) atoms. The molecule has 0 bridgehead atoms. The number of thioether (sulfide) groups is 1. The summed E-state index contributed by atoms with van der Waals surface area (Å²) in [5.74, 6) is 1.25. The second kappa shape index (κ2) is 9.37. The van der Waals surface area contributed by atoms with Crippen LogP contribution in [0.5, 0.6) is 5.75 Å². The largest absolute Gasteiger partial charge is 0.486 e. The predicted octanol–water partition coefficient (Wildman–Crippen LogP) is 6.01. The van der Waals surface area contributed by atoms with Crippen LogP contribution in [0.25, 0.3) is 0 Å². The Morgan fingerprint density at radius 2 is 1.93 bits per heavy atom. The second-order valence-corrected chi connectivity index (χ2v) is 7.41. The van der Waals surface area contributed by atoms with Gasteiger partial charge in [-0.1, -0.05) is 47.6 Å². The first kappa shape index (κ1) is 21.3. The highest BCUT2D eigenvalue weighted by Gasteiger charge is 2.30. The van der Waals surface area contributed by atoms with Crippen molar-refractivity contribution in [3.63, 3.8) is 0 Å². The van der Waals surface area contributed by atoms with E-state index in [1.165, 1.54) is 23.9 Å². The maximum Gasteiger partial charge on any atom is 0.416 e. The number of aromatic nitrogens is 3. The Balaban J connectivity index is 1.70. The van der Waals surface area contributed by atoms with Crippen LogP contribution in [0, 0.1) is 0 Å². The molecule has 9 heteroatoms. The number of allylic oxidation sites excluding steroid dienone is 1. The molecule has 0 atom stereocenters. The van der Waals surface area contributed by atoms with Gasteiger partial charge in [0.15, 0.2) is 11.0 Å². The van der Waals surface area contributed by atoms with Crippen molar-refractivity contribution in [2.24, 2.45) is 0 Å². The first-order valence-corrected chi connectivity index (χ1v) is 9.93. The number of benzene rings is 2. The van der Waals surface area contributed by atoms with Crippen LogP contribution in [0.2, 0.25) is 5.02 Å². The van der Waals surface area contributed by atoms with Crippen LogP contribution in [0.4, 0.5) is 13.2 Å². The fourth-order valence-corrected chi connectivity index (χ4v) is 3.65. The lowest BCUT2D eigenvalue weighted by molar-refractivity contribution is -0.137. The Labute approximate surface area is 175 Å². The van der Waals surface area contributed by atoms with Crippen molar-refractivity contribution in [3.8, 4) is 5.75 Å². The summed E-state index contributed by atoms with van der Waals surface area (Å²) in [5, 5.41) is 9.62. The summed E-state index contributed by atoms with van der Waals surface area (Å²) in [4.78, 5) is 0.